The number of rotatable bonds is 8. The average Bonchev–Trinajstić information content (AvgIpc) is 2.80. The zero-order valence-corrected chi connectivity index (χ0v) is 18.3. The minimum atomic E-state index is -4.55. The quantitative estimate of drug-likeness (QED) is 0.357. The molecule has 0 unspecified atom stereocenters. The van der Waals surface area contributed by atoms with Crippen molar-refractivity contribution < 1.29 is 17.9 Å². The number of hydrogen-bond acceptors (Lipinski definition) is 7. The van der Waals surface area contributed by atoms with E-state index in [-0.39, 0.29) is 11.7 Å². The number of nitrogens with one attached hydrogen (secondary N) is 1. The summed E-state index contributed by atoms with van der Waals surface area (Å²) < 4.78 is 44.0. The molecule has 0 aliphatic carbocycles. The molecule has 2 heterocycles. The number of benzene rings is 1. The van der Waals surface area contributed by atoms with Crippen LogP contribution in [0.1, 0.15) is 24.7 Å². The van der Waals surface area contributed by atoms with E-state index in [2.05, 4.69) is 26.8 Å². The topological polar surface area (TPSA) is 112 Å². The van der Waals surface area contributed by atoms with Gasteiger partial charge in [0.15, 0.2) is 0 Å². The highest BCUT2D eigenvalue weighted by Crippen LogP contribution is 2.31. The molecule has 5 N–H and O–H groups in total. The number of hydrogen-bond donors (Lipinski definition) is 3. The van der Waals surface area contributed by atoms with E-state index in [0.29, 0.717) is 40.6 Å². The van der Waals surface area contributed by atoms with Crippen LogP contribution in [-0.4, -0.2) is 15.0 Å². The van der Waals surface area contributed by atoms with Crippen LogP contribution in [0.3, 0.4) is 0 Å². The van der Waals surface area contributed by atoms with Crippen LogP contribution in [0.4, 0.5) is 30.6 Å². The van der Waals surface area contributed by atoms with Crippen LogP contribution in [0.25, 0.3) is 5.57 Å². The van der Waals surface area contributed by atoms with Crippen molar-refractivity contribution in [3.05, 3.63) is 90.6 Å². The molecule has 3 rings (SSSR count). The van der Waals surface area contributed by atoms with Crippen molar-refractivity contribution >= 4 is 23.0 Å². The van der Waals surface area contributed by atoms with Crippen LogP contribution in [-0.2, 0) is 6.18 Å². The monoisotopic (exact) mass is 468 g/mol. The first-order chi connectivity index (χ1) is 16.2. The maximum Gasteiger partial charge on any atom is 0.433 e. The molecule has 7 nitrogen and oxygen atoms in total. The normalized spacial score (nSPS) is 12.4. The van der Waals surface area contributed by atoms with Gasteiger partial charge >= 0.3 is 6.18 Å². The van der Waals surface area contributed by atoms with E-state index >= 15 is 0 Å². The fraction of sp³-hybridized carbons (Fsp3) is 0.125. The fourth-order valence-electron chi connectivity index (χ4n) is 2.77. The lowest BCUT2D eigenvalue weighted by molar-refractivity contribution is -0.141. The first-order valence-corrected chi connectivity index (χ1v) is 10.2. The van der Waals surface area contributed by atoms with Crippen molar-refractivity contribution in [2.75, 3.05) is 11.1 Å². The molecule has 0 fully saturated rings. The molecule has 0 atom stereocenters. The van der Waals surface area contributed by atoms with Crippen LogP contribution in [0, 0.1) is 0 Å². The molecule has 0 saturated carbocycles. The Balaban J connectivity index is 1.76. The maximum atomic E-state index is 12.8. The summed E-state index contributed by atoms with van der Waals surface area (Å²) in [6.07, 6.45) is 2.42. The van der Waals surface area contributed by atoms with E-state index in [9.17, 15) is 13.2 Å². The Morgan fingerprint density at radius 2 is 1.82 bits per heavy atom. The van der Waals surface area contributed by atoms with E-state index in [1.807, 2.05) is 6.92 Å². The van der Waals surface area contributed by atoms with E-state index in [4.69, 9.17) is 16.2 Å². The van der Waals surface area contributed by atoms with Gasteiger partial charge < -0.3 is 21.5 Å². The van der Waals surface area contributed by atoms with E-state index in [0.717, 1.165) is 12.3 Å². The standard InChI is InChI=1S/C24H23F3N6O/c1-3-15(5-6-16(28)4-2)20-14-22(33-23(29)32-20)31-17-7-9-18(10-8-17)34-19-11-12-30-21(13-19)24(25,26)27/h3,5-14H,1,4,28H2,2H3,(H3,29,31,32,33)/b15-5+,16-6+. The molecular formula is C24H23F3N6O. The van der Waals surface area contributed by atoms with Gasteiger partial charge in [-0.05, 0) is 48.4 Å². The highest BCUT2D eigenvalue weighted by atomic mass is 19.4. The van der Waals surface area contributed by atoms with Crippen molar-refractivity contribution in [3.8, 4) is 11.5 Å². The Hall–Kier alpha value is -4.34. The molecule has 3 aromatic rings. The molecular weight excluding hydrogens is 445 g/mol. The summed E-state index contributed by atoms with van der Waals surface area (Å²) in [7, 11) is 0. The third-order valence-electron chi connectivity index (χ3n) is 4.53. The largest absolute Gasteiger partial charge is 0.457 e. The Kier molecular flexibility index (Phi) is 7.52. The zero-order chi connectivity index (χ0) is 24.7. The van der Waals surface area contributed by atoms with Gasteiger partial charge in [0, 0.05) is 29.7 Å². The lowest BCUT2D eigenvalue weighted by Crippen LogP contribution is -2.07. The number of aromatic nitrogens is 3. The number of pyridine rings is 1. The number of allylic oxidation sites excluding steroid dienone is 5. The number of nitrogens with zero attached hydrogens (tertiary/aromatic N) is 3. The summed E-state index contributed by atoms with van der Waals surface area (Å²) >= 11 is 0. The number of halogens is 3. The van der Waals surface area contributed by atoms with Gasteiger partial charge in [-0.15, -0.1) is 0 Å². The molecule has 176 valence electrons. The molecule has 2 aromatic heterocycles. The number of nitrogens with two attached hydrogens (primary N) is 2. The van der Waals surface area contributed by atoms with Crippen molar-refractivity contribution in [1.82, 2.24) is 15.0 Å². The molecule has 0 amide bonds. The maximum absolute atomic E-state index is 12.8. The van der Waals surface area contributed by atoms with Gasteiger partial charge in [-0.2, -0.15) is 18.2 Å². The van der Waals surface area contributed by atoms with Gasteiger partial charge in [0.25, 0.3) is 0 Å². The van der Waals surface area contributed by atoms with E-state index < -0.39 is 11.9 Å². The van der Waals surface area contributed by atoms with Crippen molar-refractivity contribution in [2.24, 2.45) is 5.73 Å². The molecule has 0 saturated heterocycles. The number of nitrogen functional groups attached to an aromatic ring is 1. The van der Waals surface area contributed by atoms with Crippen LogP contribution in [0.15, 0.2) is 79.2 Å². The summed E-state index contributed by atoms with van der Waals surface area (Å²) in [4.78, 5) is 11.8. The second kappa shape index (κ2) is 10.5. The van der Waals surface area contributed by atoms with Crippen LogP contribution in [0.5, 0.6) is 11.5 Å². The highest BCUT2D eigenvalue weighted by Gasteiger charge is 2.32. The highest BCUT2D eigenvalue weighted by molar-refractivity contribution is 5.75. The first kappa shape index (κ1) is 24.3. The predicted molar refractivity (Wildman–Crippen MR) is 126 cm³/mol. The third kappa shape index (κ3) is 6.58. The molecule has 0 aliphatic heterocycles. The SMILES string of the molecule is C=C/C(=C\C=C(\N)CC)c1cc(Nc2ccc(Oc3ccnc(C(F)(F)F)c3)cc2)nc(N)n1. The van der Waals surface area contributed by atoms with Crippen molar-refractivity contribution in [1.29, 1.82) is 0 Å². The molecule has 0 radical (unpaired) electrons. The summed E-state index contributed by atoms with van der Waals surface area (Å²) in [5.74, 6) is 0.890. The van der Waals surface area contributed by atoms with Crippen LogP contribution < -0.4 is 21.5 Å². The summed E-state index contributed by atoms with van der Waals surface area (Å²) in [5, 5.41) is 3.11. The smallest absolute Gasteiger partial charge is 0.433 e. The third-order valence-corrected chi connectivity index (χ3v) is 4.53. The number of alkyl halides is 3. The number of anilines is 3. The van der Waals surface area contributed by atoms with Gasteiger partial charge in [0.05, 0.1) is 5.69 Å². The molecule has 0 spiro atoms. The zero-order valence-electron chi connectivity index (χ0n) is 18.3. The van der Waals surface area contributed by atoms with E-state index in [1.165, 1.54) is 6.07 Å². The Bertz CT molecular complexity index is 1220. The molecule has 0 aliphatic rings. The minimum absolute atomic E-state index is 0.0257. The second-order valence-electron chi connectivity index (χ2n) is 7.04. The average molecular weight is 468 g/mol. The number of ether oxygens (including phenoxy) is 1. The molecule has 1 aromatic carbocycles. The van der Waals surface area contributed by atoms with E-state index in [1.54, 1.807) is 48.6 Å². The summed E-state index contributed by atoms with van der Waals surface area (Å²) in [5.41, 5.74) is 13.3. The Labute approximate surface area is 194 Å². The van der Waals surface area contributed by atoms with Crippen molar-refractivity contribution in [3.63, 3.8) is 0 Å². The lowest BCUT2D eigenvalue weighted by atomic mass is 10.1. The predicted octanol–water partition coefficient (Wildman–Crippen LogP) is 5.83. The summed E-state index contributed by atoms with van der Waals surface area (Å²) in [6.45, 7) is 5.76. The van der Waals surface area contributed by atoms with Gasteiger partial charge in [0.1, 0.15) is 23.0 Å². The van der Waals surface area contributed by atoms with Gasteiger partial charge in [-0.25, -0.2) is 4.98 Å². The second-order valence-corrected chi connectivity index (χ2v) is 7.04. The first-order valence-electron chi connectivity index (χ1n) is 10.2. The molecule has 10 heteroatoms. The van der Waals surface area contributed by atoms with Crippen LogP contribution >= 0.6 is 0 Å². The van der Waals surface area contributed by atoms with Crippen molar-refractivity contribution in [2.45, 2.75) is 19.5 Å². The van der Waals surface area contributed by atoms with Crippen LogP contribution in [0.2, 0.25) is 0 Å². The minimum Gasteiger partial charge on any atom is -0.457 e. The lowest BCUT2D eigenvalue weighted by Gasteiger charge is -2.11. The fourth-order valence-corrected chi connectivity index (χ4v) is 2.77. The molecule has 34 heavy (non-hydrogen) atoms. The Morgan fingerprint density at radius 1 is 1.09 bits per heavy atom. The Morgan fingerprint density at radius 3 is 2.47 bits per heavy atom. The van der Waals surface area contributed by atoms with Gasteiger partial charge in [0.2, 0.25) is 5.95 Å². The molecule has 0 bridgehead atoms. The van der Waals surface area contributed by atoms with Gasteiger partial charge in [-0.1, -0.05) is 25.7 Å². The summed E-state index contributed by atoms with van der Waals surface area (Å²) in [6, 6.07) is 10.5. The van der Waals surface area contributed by atoms with Gasteiger partial charge in [-0.3, -0.25) is 4.98 Å².